The number of carbonyl (C=O) groups is 2. The van der Waals surface area contributed by atoms with Crippen LogP contribution in [0, 0.1) is 11.3 Å². The summed E-state index contributed by atoms with van der Waals surface area (Å²) in [6.45, 7) is 6.08. The minimum Gasteiger partial charge on any atom is -0.469 e. The van der Waals surface area contributed by atoms with Gasteiger partial charge in [-0.15, -0.1) is 0 Å². The van der Waals surface area contributed by atoms with Gasteiger partial charge in [0, 0.05) is 19.9 Å². The fraction of sp³-hybridized carbons (Fsp3) is 0.833. The lowest BCUT2D eigenvalue weighted by Gasteiger charge is -2.26. The van der Waals surface area contributed by atoms with Crippen molar-refractivity contribution in [2.45, 2.75) is 40.0 Å². The fourth-order valence-electron chi connectivity index (χ4n) is 1.98. The Morgan fingerprint density at radius 2 is 1.94 bits per heavy atom. The van der Waals surface area contributed by atoms with Gasteiger partial charge in [-0.3, -0.25) is 9.59 Å². The molecule has 0 heterocycles. The predicted octanol–water partition coefficient (Wildman–Crippen LogP) is 1.74. The molecule has 0 aromatic carbocycles. The van der Waals surface area contributed by atoms with Crippen molar-refractivity contribution in [1.29, 1.82) is 0 Å². The van der Waals surface area contributed by atoms with Gasteiger partial charge in [-0.2, -0.15) is 0 Å². The highest BCUT2D eigenvalue weighted by Gasteiger charge is 2.25. The van der Waals surface area contributed by atoms with Crippen molar-refractivity contribution in [3.8, 4) is 0 Å². The molecule has 0 radical (unpaired) electrons. The van der Waals surface area contributed by atoms with E-state index in [-0.39, 0.29) is 23.2 Å². The van der Waals surface area contributed by atoms with Crippen molar-refractivity contribution < 1.29 is 14.3 Å². The topological polar surface area (TPSA) is 55.4 Å². The predicted molar refractivity (Wildman–Crippen MR) is 62.9 cm³/mol. The second-order valence-corrected chi connectivity index (χ2v) is 5.10. The molecule has 1 unspecified atom stereocenters. The first-order chi connectivity index (χ1) is 7.30. The molecule has 94 valence electrons. The fourth-order valence-corrected chi connectivity index (χ4v) is 1.98. The standard InChI is InChI=1S/C12H23NO3/c1-9(6-11(15)16-5)7-12(2,3)8-10(14)13-4/h9H,6-8H2,1-5H3,(H,13,14). The molecule has 0 spiro atoms. The van der Waals surface area contributed by atoms with Gasteiger partial charge in [0.2, 0.25) is 5.91 Å². The van der Waals surface area contributed by atoms with Crippen molar-refractivity contribution in [1.82, 2.24) is 5.32 Å². The van der Waals surface area contributed by atoms with Gasteiger partial charge in [0.15, 0.2) is 0 Å². The Bertz CT molecular complexity index is 249. The summed E-state index contributed by atoms with van der Waals surface area (Å²) in [5, 5.41) is 2.62. The summed E-state index contributed by atoms with van der Waals surface area (Å²) in [6.07, 6.45) is 1.72. The zero-order valence-corrected chi connectivity index (χ0v) is 10.9. The molecule has 0 aliphatic carbocycles. The average Bonchev–Trinajstić information content (AvgIpc) is 2.15. The maximum absolute atomic E-state index is 11.3. The number of hydrogen-bond donors (Lipinski definition) is 1. The maximum atomic E-state index is 11.3. The first kappa shape index (κ1) is 14.9. The molecule has 0 saturated heterocycles. The summed E-state index contributed by atoms with van der Waals surface area (Å²) in [5.74, 6) is 0.0746. The van der Waals surface area contributed by atoms with E-state index in [2.05, 4.69) is 10.1 Å². The van der Waals surface area contributed by atoms with Crippen molar-refractivity contribution in [3.63, 3.8) is 0 Å². The average molecular weight is 229 g/mol. The van der Waals surface area contributed by atoms with Crippen LogP contribution in [0.2, 0.25) is 0 Å². The molecule has 1 atom stereocenters. The van der Waals surface area contributed by atoms with E-state index in [1.807, 2.05) is 20.8 Å². The second-order valence-electron chi connectivity index (χ2n) is 5.10. The van der Waals surface area contributed by atoms with Crippen LogP contribution < -0.4 is 5.32 Å². The van der Waals surface area contributed by atoms with E-state index in [1.165, 1.54) is 7.11 Å². The number of amides is 1. The number of nitrogens with one attached hydrogen (secondary N) is 1. The molecule has 4 nitrogen and oxygen atoms in total. The third-order valence-corrected chi connectivity index (χ3v) is 2.56. The molecule has 0 fully saturated rings. The smallest absolute Gasteiger partial charge is 0.305 e. The Balaban J connectivity index is 4.14. The van der Waals surface area contributed by atoms with E-state index in [1.54, 1.807) is 7.05 Å². The minimum absolute atomic E-state index is 0.0373. The summed E-state index contributed by atoms with van der Waals surface area (Å²) >= 11 is 0. The summed E-state index contributed by atoms with van der Waals surface area (Å²) in [6, 6.07) is 0. The molecule has 1 amide bonds. The Hall–Kier alpha value is -1.06. The van der Waals surface area contributed by atoms with Crippen LogP contribution in [0.15, 0.2) is 0 Å². The minimum atomic E-state index is -0.191. The summed E-state index contributed by atoms with van der Waals surface area (Å²) in [4.78, 5) is 22.4. The highest BCUT2D eigenvalue weighted by atomic mass is 16.5. The normalized spacial score (nSPS) is 13.1. The number of methoxy groups -OCH3 is 1. The molecule has 0 aromatic heterocycles. The second kappa shape index (κ2) is 6.51. The molecular formula is C12H23NO3. The van der Waals surface area contributed by atoms with Crippen LogP contribution in [-0.4, -0.2) is 26.0 Å². The van der Waals surface area contributed by atoms with Gasteiger partial charge in [0.05, 0.1) is 7.11 Å². The van der Waals surface area contributed by atoms with Crippen LogP contribution in [0.5, 0.6) is 0 Å². The Labute approximate surface area is 97.7 Å². The van der Waals surface area contributed by atoms with Crippen molar-refractivity contribution >= 4 is 11.9 Å². The number of hydrogen-bond acceptors (Lipinski definition) is 3. The molecule has 0 aliphatic heterocycles. The van der Waals surface area contributed by atoms with E-state index in [4.69, 9.17) is 0 Å². The van der Waals surface area contributed by atoms with Crippen molar-refractivity contribution in [2.75, 3.05) is 14.2 Å². The molecule has 1 N–H and O–H groups in total. The van der Waals surface area contributed by atoms with Crippen LogP contribution in [0.3, 0.4) is 0 Å². The van der Waals surface area contributed by atoms with E-state index < -0.39 is 0 Å². The highest BCUT2D eigenvalue weighted by Crippen LogP contribution is 2.30. The lowest BCUT2D eigenvalue weighted by molar-refractivity contribution is -0.141. The number of rotatable bonds is 6. The molecule has 0 aromatic rings. The summed E-state index contributed by atoms with van der Waals surface area (Å²) < 4.78 is 4.62. The zero-order valence-electron chi connectivity index (χ0n) is 10.9. The molecule has 0 saturated carbocycles. The Morgan fingerprint density at radius 1 is 1.38 bits per heavy atom. The van der Waals surface area contributed by atoms with Gasteiger partial charge in [0.1, 0.15) is 0 Å². The van der Waals surface area contributed by atoms with Gasteiger partial charge in [-0.1, -0.05) is 20.8 Å². The lowest BCUT2D eigenvalue weighted by atomic mass is 9.79. The van der Waals surface area contributed by atoms with E-state index in [9.17, 15) is 9.59 Å². The van der Waals surface area contributed by atoms with Gasteiger partial charge < -0.3 is 10.1 Å². The molecular weight excluding hydrogens is 206 g/mol. The summed E-state index contributed by atoms with van der Waals surface area (Å²) in [7, 11) is 3.03. The van der Waals surface area contributed by atoms with Crippen LogP contribution in [0.4, 0.5) is 0 Å². The number of carbonyl (C=O) groups excluding carboxylic acids is 2. The zero-order chi connectivity index (χ0) is 12.8. The Kier molecular flexibility index (Phi) is 6.08. The van der Waals surface area contributed by atoms with Crippen LogP contribution in [-0.2, 0) is 14.3 Å². The Morgan fingerprint density at radius 3 is 2.38 bits per heavy atom. The van der Waals surface area contributed by atoms with Crippen molar-refractivity contribution in [3.05, 3.63) is 0 Å². The third kappa shape index (κ3) is 6.43. The van der Waals surface area contributed by atoms with Crippen LogP contribution in [0.25, 0.3) is 0 Å². The summed E-state index contributed by atoms with van der Waals surface area (Å²) in [5.41, 5.74) is -0.0898. The quantitative estimate of drug-likeness (QED) is 0.706. The van der Waals surface area contributed by atoms with Gasteiger partial charge >= 0.3 is 5.97 Å². The largest absolute Gasteiger partial charge is 0.469 e. The molecule has 0 bridgehead atoms. The van der Waals surface area contributed by atoms with E-state index in [0.717, 1.165) is 6.42 Å². The van der Waals surface area contributed by atoms with Gasteiger partial charge in [0.25, 0.3) is 0 Å². The van der Waals surface area contributed by atoms with Crippen LogP contribution >= 0.6 is 0 Å². The van der Waals surface area contributed by atoms with Gasteiger partial charge in [-0.05, 0) is 17.8 Å². The SMILES string of the molecule is CNC(=O)CC(C)(C)CC(C)CC(=O)OC. The highest BCUT2D eigenvalue weighted by molar-refractivity contribution is 5.76. The molecule has 0 aliphatic rings. The number of ether oxygens (including phenoxy) is 1. The maximum Gasteiger partial charge on any atom is 0.305 e. The van der Waals surface area contributed by atoms with Crippen molar-refractivity contribution in [2.24, 2.45) is 11.3 Å². The molecule has 0 rings (SSSR count). The van der Waals surface area contributed by atoms with E-state index in [0.29, 0.717) is 12.8 Å². The lowest BCUT2D eigenvalue weighted by Crippen LogP contribution is -2.27. The monoisotopic (exact) mass is 229 g/mol. The third-order valence-electron chi connectivity index (χ3n) is 2.56. The van der Waals surface area contributed by atoms with Gasteiger partial charge in [-0.25, -0.2) is 0 Å². The molecule has 4 heteroatoms. The van der Waals surface area contributed by atoms with E-state index >= 15 is 0 Å². The number of esters is 1. The first-order valence-electron chi connectivity index (χ1n) is 5.58. The first-order valence-corrected chi connectivity index (χ1v) is 5.58. The van der Waals surface area contributed by atoms with Crippen LogP contribution in [0.1, 0.15) is 40.0 Å². The molecule has 16 heavy (non-hydrogen) atoms.